The first-order chi connectivity index (χ1) is 42.4. The second-order valence-corrected chi connectivity index (χ2v) is 48.7. The van der Waals surface area contributed by atoms with Crippen LogP contribution in [-0.2, 0) is 12.4 Å². The molecule has 90 heavy (non-hydrogen) atoms. The van der Waals surface area contributed by atoms with Gasteiger partial charge in [0.2, 0.25) is 0 Å². The summed E-state index contributed by atoms with van der Waals surface area (Å²) in [6, 6.07) is 57.6. The van der Waals surface area contributed by atoms with E-state index < -0.39 is 67.7 Å². The predicted octanol–water partition coefficient (Wildman–Crippen LogP) is 20.7. The van der Waals surface area contributed by atoms with Gasteiger partial charge < -0.3 is 9.80 Å². The molecule has 0 bridgehead atoms. The van der Waals surface area contributed by atoms with E-state index in [1.165, 1.54) is 32.9 Å². The van der Waals surface area contributed by atoms with Gasteiger partial charge in [-0.1, -0.05) is 275 Å². The Morgan fingerprint density at radius 3 is 1.24 bits per heavy atom. The summed E-state index contributed by atoms with van der Waals surface area (Å²) in [6.07, 6.45) is 6.61. The highest BCUT2D eigenvalue weighted by atomic mass is 28.3. The Kier molecular flexibility index (Phi) is 15.9. The number of hydrogen-bond donors (Lipinski definition) is 0. The molecule has 8 aromatic carbocycles. The molecule has 0 saturated heterocycles. The van der Waals surface area contributed by atoms with Crippen molar-refractivity contribution in [2.24, 2.45) is 5.92 Å². The van der Waals surface area contributed by atoms with Gasteiger partial charge in [-0.3, -0.25) is 0 Å². The summed E-state index contributed by atoms with van der Waals surface area (Å²) in [5.74, 6) is -0.503. The Balaban J connectivity index is 1.05. The third-order valence-electron chi connectivity index (χ3n) is 18.2. The SMILES string of the molecule is C[Si](C)(C)c1ccc(-c2ccc(N(C3=C4C=CC5=C6C(=CC=C(C=C3)C46)C(N(c3ccc(-c4ccc([Si](C)(C)C)cc4)cc3-c3ccc([Si](C)(C)C)cc3)c3ccccc3C(F)(F)F)C=C5)c3ccccc3C(F)(F)F)c(-c3ccc([Si](C)(C)C)cc3)c2)cc1. The van der Waals surface area contributed by atoms with Gasteiger partial charge in [0.1, 0.15) is 0 Å². The average molecular weight is 1270 g/mol. The molecular weight excluding hydrogens is 1190 g/mol. The number of anilines is 4. The predicted molar refractivity (Wildman–Crippen MR) is 379 cm³/mol. The maximum atomic E-state index is 15.8. The van der Waals surface area contributed by atoms with E-state index in [0.29, 0.717) is 17.1 Å². The zero-order chi connectivity index (χ0) is 64.0. The van der Waals surface area contributed by atoms with Crippen LogP contribution in [0, 0.1) is 5.92 Å². The Morgan fingerprint density at radius 2 is 0.778 bits per heavy atom. The molecule has 12 heteroatoms. The maximum Gasteiger partial charge on any atom is 0.418 e. The number of nitrogens with zero attached hydrogens (tertiary/aromatic N) is 2. The summed E-state index contributed by atoms with van der Waals surface area (Å²) in [7, 11) is -6.79. The van der Waals surface area contributed by atoms with E-state index >= 15 is 26.3 Å². The summed E-state index contributed by atoms with van der Waals surface area (Å²) in [4.78, 5) is 3.65. The third-order valence-corrected chi connectivity index (χ3v) is 26.4. The number of hydrogen-bond acceptors (Lipinski definition) is 2. The lowest BCUT2D eigenvalue weighted by Crippen LogP contribution is -2.38. The van der Waals surface area contributed by atoms with Crippen molar-refractivity contribution in [2.75, 3.05) is 9.80 Å². The molecule has 0 radical (unpaired) electrons. The lowest BCUT2D eigenvalue weighted by atomic mass is 9.67. The molecule has 0 heterocycles. The normalized spacial score (nSPS) is 16.7. The van der Waals surface area contributed by atoms with E-state index in [0.717, 1.165) is 84.5 Å². The van der Waals surface area contributed by atoms with Gasteiger partial charge in [-0.05, 0) is 116 Å². The molecule has 12 rings (SSSR count). The summed E-state index contributed by atoms with van der Waals surface area (Å²) < 4.78 is 95.1. The molecular formula is C78H76F6N2Si4. The summed E-state index contributed by atoms with van der Waals surface area (Å²) in [6.45, 7) is 27.7. The van der Waals surface area contributed by atoms with Crippen LogP contribution in [0.15, 0.2) is 264 Å². The van der Waals surface area contributed by atoms with E-state index in [1.807, 2.05) is 77.8 Å². The van der Waals surface area contributed by atoms with Gasteiger partial charge in [-0.15, -0.1) is 0 Å². The number of rotatable bonds is 14. The van der Waals surface area contributed by atoms with Crippen LogP contribution >= 0.6 is 0 Å². The standard InChI is InChI=1S/C78H76F6N2Si4/c1-87(2,3)59-35-21-51(22-36-59)57-33-47-71(65(49-57)53-25-39-61(40-26-53)89(7,8)9)85(73-19-15-13-17-67(73)77(79,80)81)69-45-31-55-30-44-64-70(46-32-56-29-43-63(69)75(55)76(56)64)86(74-20-16-14-18-68(74)78(82,83)84)72-48-34-58(52-23-37-60(38-24-52)88(4,5)6)50-66(72)54-27-41-62(42-28-54)90(10,11)12/h13-50,69,76H,1-12H3. The molecule has 0 saturated carbocycles. The topological polar surface area (TPSA) is 6.48 Å². The molecule has 0 spiro atoms. The Bertz CT molecular complexity index is 4340. The quantitative estimate of drug-likeness (QED) is 0.0791. The van der Waals surface area contributed by atoms with Crippen molar-refractivity contribution >= 4 is 75.8 Å². The molecule has 0 aliphatic heterocycles. The van der Waals surface area contributed by atoms with Crippen LogP contribution in [0.4, 0.5) is 49.1 Å². The van der Waals surface area contributed by atoms with Crippen LogP contribution in [0.1, 0.15) is 11.1 Å². The van der Waals surface area contributed by atoms with Gasteiger partial charge >= 0.3 is 12.4 Å². The largest absolute Gasteiger partial charge is 0.418 e. The minimum absolute atomic E-state index is 0.00582. The van der Waals surface area contributed by atoms with Crippen LogP contribution in [0.2, 0.25) is 78.6 Å². The maximum absolute atomic E-state index is 15.8. The van der Waals surface area contributed by atoms with Crippen molar-refractivity contribution in [2.45, 2.75) is 97.0 Å². The number of halogens is 6. The lowest BCUT2D eigenvalue weighted by molar-refractivity contribution is -0.137. The highest BCUT2D eigenvalue weighted by molar-refractivity contribution is 6.90. The molecule has 0 aromatic heterocycles. The molecule has 4 aliphatic carbocycles. The molecule has 0 N–H and O–H groups in total. The van der Waals surface area contributed by atoms with Gasteiger partial charge in [0.15, 0.2) is 0 Å². The Labute approximate surface area is 531 Å². The number of allylic oxidation sites excluding steroid dienone is 10. The van der Waals surface area contributed by atoms with Gasteiger partial charge in [0.05, 0.1) is 72.2 Å². The molecule has 2 atom stereocenters. The van der Waals surface area contributed by atoms with Crippen molar-refractivity contribution in [3.8, 4) is 44.5 Å². The van der Waals surface area contributed by atoms with E-state index in [4.69, 9.17) is 0 Å². The van der Waals surface area contributed by atoms with Crippen LogP contribution < -0.4 is 30.5 Å². The monoisotopic (exact) mass is 1270 g/mol. The third kappa shape index (κ3) is 12.0. The number of para-hydroxylation sites is 2. The fourth-order valence-corrected chi connectivity index (χ4v) is 17.8. The first kappa shape index (κ1) is 62.2. The molecule has 0 amide bonds. The van der Waals surface area contributed by atoms with E-state index in [1.54, 1.807) is 29.2 Å². The second kappa shape index (κ2) is 23.0. The first-order valence-electron chi connectivity index (χ1n) is 31.0. The molecule has 2 nitrogen and oxygen atoms in total. The molecule has 8 aromatic rings. The van der Waals surface area contributed by atoms with Gasteiger partial charge in [-0.25, -0.2) is 0 Å². The number of alkyl halides is 6. The van der Waals surface area contributed by atoms with Gasteiger partial charge in [-0.2, -0.15) is 26.3 Å². The first-order valence-corrected chi connectivity index (χ1v) is 45.0. The van der Waals surface area contributed by atoms with Crippen molar-refractivity contribution < 1.29 is 26.3 Å². The highest BCUT2D eigenvalue weighted by Gasteiger charge is 2.44. The fraction of sp³-hybridized carbons (Fsp3) is 0.205. The lowest BCUT2D eigenvalue weighted by Gasteiger charge is -2.44. The number of benzene rings is 8. The van der Waals surface area contributed by atoms with Gasteiger partial charge in [0.25, 0.3) is 0 Å². The Hall–Kier alpha value is -8.01. The minimum atomic E-state index is -4.73. The van der Waals surface area contributed by atoms with Gasteiger partial charge in [0, 0.05) is 22.7 Å². The highest BCUT2D eigenvalue weighted by Crippen LogP contribution is 2.55. The molecule has 456 valence electrons. The minimum Gasteiger partial charge on any atom is -0.329 e. The van der Waals surface area contributed by atoms with E-state index in [-0.39, 0.29) is 11.4 Å². The van der Waals surface area contributed by atoms with Crippen molar-refractivity contribution in [1.82, 2.24) is 0 Å². The van der Waals surface area contributed by atoms with Crippen LogP contribution in [0.5, 0.6) is 0 Å². The zero-order valence-electron chi connectivity index (χ0n) is 53.3. The Morgan fingerprint density at radius 1 is 0.367 bits per heavy atom. The second-order valence-electron chi connectivity index (χ2n) is 28.4. The fourth-order valence-electron chi connectivity index (χ4n) is 13.1. The van der Waals surface area contributed by atoms with Crippen LogP contribution in [0.25, 0.3) is 44.5 Å². The zero-order valence-corrected chi connectivity index (χ0v) is 57.3. The summed E-state index contributed by atoms with van der Waals surface area (Å²) in [5, 5.41) is 5.17. The van der Waals surface area contributed by atoms with Crippen molar-refractivity contribution in [3.05, 3.63) is 275 Å². The summed E-state index contributed by atoms with van der Waals surface area (Å²) in [5.41, 5.74) is 11.5. The van der Waals surface area contributed by atoms with Crippen molar-refractivity contribution in [1.29, 1.82) is 0 Å². The van der Waals surface area contributed by atoms with Crippen LogP contribution in [-0.4, -0.2) is 38.3 Å². The molecule has 4 aliphatic rings. The van der Waals surface area contributed by atoms with E-state index in [2.05, 4.69) is 188 Å². The van der Waals surface area contributed by atoms with Crippen molar-refractivity contribution in [3.63, 3.8) is 0 Å². The summed E-state index contributed by atoms with van der Waals surface area (Å²) >= 11 is 0. The smallest absolute Gasteiger partial charge is 0.329 e. The molecule has 0 fully saturated rings. The van der Waals surface area contributed by atoms with E-state index in [9.17, 15) is 0 Å². The van der Waals surface area contributed by atoms with Crippen LogP contribution in [0.3, 0.4) is 0 Å². The molecule has 2 unspecified atom stereocenters. The average Bonchev–Trinajstić information content (AvgIpc) is 0.719.